The minimum Gasteiger partial charge on any atom is -0.497 e. The van der Waals surface area contributed by atoms with Crippen molar-refractivity contribution in [3.63, 3.8) is 0 Å². The maximum absolute atomic E-state index is 5.53. The summed E-state index contributed by atoms with van der Waals surface area (Å²) in [4.78, 5) is 12.0. The number of hydrogen-bond donors (Lipinski definition) is 2. The van der Waals surface area contributed by atoms with Crippen molar-refractivity contribution in [1.82, 2.24) is 15.3 Å². The molecule has 6 nitrogen and oxygen atoms in total. The van der Waals surface area contributed by atoms with Gasteiger partial charge in [0.25, 0.3) is 0 Å². The van der Waals surface area contributed by atoms with E-state index in [4.69, 9.17) is 14.7 Å². The average Bonchev–Trinajstić information content (AvgIpc) is 2.78. The summed E-state index contributed by atoms with van der Waals surface area (Å²) in [5.41, 5.74) is 4.43. The molecule has 0 radical (unpaired) electrons. The Morgan fingerprint density at radius 1 is 1.00 bits per heavy atom. The lowest BCUT2D eigenvalue weighted by Gasteiger charge is -2.28. The maximum atomic E-state index is 5.53. The van der Waals surface area contributed by atoms with E-state index >= 15 is 0 Å². The molecule has 156 valence electrons. The number of hydrogen-bond acceptors (Lipinski definition) is 7. The van der Waals surface area contributed by atoms with E-state index in [1.54, 1.807) is 7.11 Å². The van der Waals surface area contributed by atoms with E-state index in [0.717, 1.165) is 59.8 Å². The van der Waals surface area contributed by atoms with Gasteiger partial charge in [-0.3, -0.25) is 0 Å². The van der Waals surface area contributed by atoms with E-state index in [1.165, 1.54) is 23.1 Å². The lowest BCUT2D eigenvalue weighted by atomic mass is 9.99. The molecule has 30 heavy (non-hydrogen) atoms. The summed E-state index contributed by atoms with van der Waals surface area (Å²) in [6.07, 6.45) is 0. The molecular weight excluding hydrogens is 394 g/mol. The maximum Gasteiger partial charge on any atom is 0.140 e. The highest BCUT2D eigenvalue weighted by atomic mass is 32.2. The second-order valence-corrected chi connectivity index (χ2v) is 8.15. The Morgan fingerprint density at radius 3 is 2.47 bits per heavy atom. The number of piperazine rings is 1. The van der Waals surface area contributed by atoms with E-state index in [9.17, 15) is 0 Å². The predicted molar refractivity (Wildman–Crippen MR) is 124 cm³/mol. The normalized spacial score (nSPS) is 13.9. The zero-order valence-corrected chi connectivity index (χ0v) is 18.4. The standard InChI is InChI=1S/C23H27N5OS/c1-16-6-4-7-17(2)23(16)19-14-18(29-3)15-20(25-19)27-30-22-9-5-8-21(26-22)28-12-10-24-11-13-28/h4-9,14-15,24H,10-13H2,1-3H3,(H,25,27). The largest absolute Gasteiger partial charge is 0.497 e. The fourth-order valence-corrected chi connectivity index (χ4v) is 4.26. The van der Waals surface area contributed by atoms with Crippen molar-refractivity contribution in [2.45, 2.75) is 18.9 Å². The first-order valence-electron chi connectivity index (χ1n) is 10.1. The van der Waals surface area contributed by atoms with Crippen molar-refractivity contribution in [2.75, 3.05) is 42.9 Å². The van der Waals surface area contributed by atoms with Gasteiger partial charge < -0.3 is 19.7 Å². The summed E-state index contributed by atoms with van der Waals surface area (Å²) in [7, 11) is 1.68. The molecule has 0 bridgehead atoms. The van der Waals surface area contributed by atoms with Crippen LogP contribution in [-0.2, 0) is 0 Å². The third kappa shape index (κ3) is 4.68. The van der Waals surface area contributed by atoms with Gasteiger partial charge in [0.1, 0.15) is 22.4 Å². The van der Waals surface area contributed by atoms with Crippen molar-refractivity contribution < 1.29 is 4.74 Å². The number of nitrogens with one attached hydrogen (secondary N) is 2. The number of nitrogens with zero attached hydrogens (tertiary/aromatic N) is 3. The Bertz CT molecular complexity index is 1000. The topological polar surface area (TPSA) is 62.3 Å². The van der Waals surface area contributed by atoms with Crippen molar-refractivity contribution in [3.05, 3.63) is 59.7 Å². The first-order valence-corrected chi connectivity index (χ1v) is 10.9. The van der Waals surface area contributed by atoms with E-state index in [0.29, 0.717) is 0 Å². The molecule has 0 aliphatic carbocycles. The molecule has 0 spiro atoms. The summed E-state index contributed by atoms with van der Waals surface area (Å²) >= 11 is 1.46. The first kappa shape index (κ1) is 20.5. The van der Waals surface area contributed by atoms with Gasteiger partial charge in [0.15, 0.2) is 0 Å². The molecule has 1 fully saturated rings. The Kier molecular flexibility index (Phi) is 6.40. The van der Waals surface area contributed by atoms with E-state index < -0.39 is 0 Å². The molecule has 3 heterocycles. The van der Waals surface area contributed by atoms with Gasteiger partial charge in [0.2, 0.25) is 0 Å². The van der Waals surface area contributed by atoms with Gasteiger partial charge in [-0.2, -0.15) is 0 Å². The van der Waals surface area contributed by atoms with Crippen molar-refractivity contribution in [3.8, 4) is 17.0 Å². The van der Waals surface area contributed by atoms with Crippen LogP contribution in [0.5, 0.6) is 5.75 Å². The summed E-state index contributed by atoms with van der Waals surface area (Å²) in [5, 5.41) is 4.28. The summed E-state index contributed by atoms with van der Waals surface area (Å²) in [6, 6.07) is 16.3. The van der Waals surface area contributed by atoms with Gasteiger partial charge in [-0.1, -0.05) is 24.3 Å². The zero-order valence-electron chi connectivity index (χ0n) is 17.6. The van der Waals surface area contributed by atoms with Crippen molar-refractivity contribution >= 4 is 23.6 Å². The molecule has 0 atom stereocenters. The van der Waals surface area contributed by atoms with Crippen LogP contribution in [0, 0.1) is 13.8 Å². The van der Waals surface area contributed by atoms with Crippen molar-refractivity contribution in [2.24, 2.45) is 0 Å². The number of aryl methyl sites for hydroxylation is 2. The molecule has 3 aromatic rings. The predicted octanol–water partition coefficient (Wildman–Crippen LogP) is 4.30. The molecular formula is C23H27N5OS. The van der Waals surface area contributed by atoms with E-state index in [1.807, 2.05) is 18.2 Å². The fourth-order valence-electron chi connectivity index (χ4n) is 3.66. The number of rotatable bonds is 6. The molecule has 1 aliphatic heterocycles. The molecule has 2 aromatic heterocycles. The summed E-state index contributed by atoms with van der Waals surface area (Å²) in [6.45, 7) is 8.16. The number of benzene rings is 1. The van der Waals surface area contributed by atoms with Crippen LogP contribution in [0.1, 0.15) is 11.1 Å². The molecule has 1 aliphatic rings. The second-order valence-electron chi connectivity index (χ2n) is 7.32. The smallest absolute Gasteiger partial charge is 0.140 e. The summed E-state index contributed by atoms with van der Waals surface area (Å²) in [5.74, 6) is 2.53. The van der Waals surface area contributed by atoms with Crippen LogP contribution >= 0.6 is 11.9 Å². The van der Waals surface area contributed by atoms with Gasteiger partial charge >= 0.3 is 0 Å². The highest BCUT2D eigenvalue weighted by Gasteiger charge is 2.13. The van der Waals surface area contributed by atoms with Gasteiger partial charge in [-0.05, 0) is 37.1 Å². The van der Waals surface area contributed by atoms with Crippen LogP contribution in [0.2, 0.25) is 0 Å². The average molecular weight is 422 g/mol. The number of anilines is 2. The molecule has 2 N–H and O–H groups in total. The highest BCUT2D eigenvalue weighted by Crippen LogP contribution is 2.31. The Morgan fingerprint density at radius 2 is 1.73 bits per heavy atom. The third-order valence-electron chi connectivity index (χ3n) is 5.18. The Labute approximate surface area is 182 Å². The minimum atomic E-state index is 0.742. The van der Waals surface area contributed by atoms with Crippen molar-refractivity contribution in [1.29, 1.82) is 0 Å². The van der Waals surface area contributed by atoms with E-state index in [2.05, 4.69) is 59.1 Å². The SMILES string of the molecule is COc1cc(NSc2cccc(N3CCNCC3)n2)nc(-c2c(C)cccc2C)c1. The number of pyridine rings is 2. The molecule has 0 amide bonds. The second kappa shape index (κ2) is 9.36. The lowest BCUT2D eigenvalue weighted by Crippen LogP contribution is -2.43. The first-order chi connectivity index (χ1) is 14.6. The molecule has 7 heteroatoms. The van der Waals surface area contributed by atoms with Gasteiger partial charge in [-0.15, -0.1) is 0 Å². The highest BCUT2D eigenvalue weighted by molar-refractivity contribution is 8.00. The molecule has 0 saturated carbocycles. The molecule has 1 saturated heterocycles. The van der Waals surface area contributed by atoms with Gasteiger partial charge in [0, 0.05) is 55.8 Å². The fraction of sp³-hybridized carbons (Fsp3) is 0.304. The molecule has 1 aromatic carbocycles. The minimum absolute atomic E-state index is 0.742. The van der Waals surface area contributed by atoms with E-state index in [-0.39, 0.29) is 0 Å². The monoisotopic (exact) mass is 421 g/mol. The third-order valence-corrected chi connectivity index (χ3v) is 5.93. The number of methoxy groups -OCH3 is 1. The van der Waals surface area contributed by atoms with Gasteiger partial charge in [0.05, 0.1) is 12.8 Å². The Balaban J connectivity index is 1.55. The van der Waals surface area contributed by atoms with Crippen LogP contribution in [0.15, 0.2) is 53.6 Å². The van der Waals surface area contributed by atoms with Crippen LogP contribution in [-0.4, -0.2) is 43.3 Å². The summed E-state index contributed by atoms with van der Waals surface area (Å²) < 4.78 is 8.88. The van der Waals surface area contributed by atoms with Crippen LogP contribution in [0.25, 0.3) is 11.3 Å². The van der Waals surface area contributed by atoms with Crippen LogP contribution in [0.3, 0.4) is 0 Å². The zero-order chi connectivity index (χ0) is 20.9. The Hall–Kier alpha value is -2.77. The lowest BCUT2D eigenvalue weighted by molar-refractivity contribution is 0.415. The van der Waals surface area contributed by atoms with Gasteiger partial charge in [-0.25, -0.2) is 9.97 Å². The molecule has 4 rings (SSSR count). The quantitative estimate of drug-likeness (QED) is 0.576. The van der Waals surface area contributed by atoms with Crippen LogP contribution < -0.4 is 19.7 Å². The molecule has 0 unspecified atom stereocenters. The van der Waals surface area contributed by atoms with Crippen LogP contribution in [0.4, 0.5) is 11.6 Å². The number of ether oxygens (including phenoxy) is 1. The number of aromatic nitrogens is 2.